The predicted molar refractivity (Wildman–Crippen MR) is 90.9 cm³/mol. The molecule has 1 unspecified atom stereocenters. The zero-order valence-corrected chi connectivity index (χ0v) is 13.0. The standard InChI is InChI=1S/C19H25B/c1-4-20(3)16(2)14-18-12-8-9-13-19(18)15-17-10-6-5-7-11-17/h5-13,16H,4,14-15H2,1-3H3. The molecule has 0 saturated carbocycles. The van der Waals surface area contributed by atoms with Gasteiger partial charge in [-0.3, -0.25) is 0 Å². The van der Waals surface area contributed by atoms with Crippen LogP contribution in [0.15, 0.2) is 54.6 Å². The van der Waals surface area contributed by atoms with Crippen molar-refractivity contribution in [2.75, 3.05) is 0 Å². The maximum Gasteiger partial charge on any atom is 0.139 e. The van der Waals surface area contributed by atoms with Gasteiger partial charge in [0.1, 0.15) is 6.71 Å². The number of hydrogen-bond donors (Lipinski definition) is 0. The predicted octanol–water partition coefficient (Wildman–Crippen LogP) is 5.35. The van der Waals surface area contributed by atoms with Gasteiger partial charge in [-0.25, -0.2) is 0 Å². The Labute approximate surface area is 124 Å². The summed E-state index contributed by atoms with van der Waals surface area (Å²) in [4.78, 5) is 0. The summed E-state index contributed by atoms with van der Waals surface area (Å²) in [5, 5.41) is 0. The van der Waals surface area contributed by atoms with Crippen LogP contribution in [0.4, 0.5) is 0 Å². The Hall–Kier alpha value is -1.50. The molecule has 2 aromatic rings. The molecule has 0 nitrogen and oxygen atoms in total. The van der Waals surface area contributed by atoms with Gasteiger partial charge in [-0.1, -0.05) is 87.4 Å². The zero-order valence-electron chi connectivity index (χ0n) is 13.0. The fourth-order valence-corrected chi connectivity index (χ4v) is 2.70. The van der Waals surface area contributed by atoms with Crippen LogP contribution in [0.1, 0.15) is 30.5 Å². The van der Waals surface area contributed by atoms with Gasteiger partial charge in [0.05, 0.1) is 0 Å². The highest BCUT2D eigenvalue weighted by Crippen LogP contribution is 2.23. The summed E-state index contributed by atoms with van der Waals surface area (Å²) >= 11 is 0. The first-order chi connectivity index (χ1) is 9.70. The molecule has 0 saturated heterocycles. The van der Waals surface area contributed by atoms with Gasteiger partial charge in [-0.2, -0.15) is 0 Å². The van der Waals surface area contributed by atoms with Gasteiger partial charge in [0, 0.05) is 0 Å². The van der Waals surface area contributed by atoms with Crippen molar-refractivity contribution in [2.45, 2.75) is 45.6 Å². The number of rotatable bonds is 6. The highest BCUT2D eigenvalue weighted by Gasteiger charge is 2.15. The molecule has 104 valence electrons. The normalized spacial score (nSPS) is 12.2. The zero-order chi connectivity index (χ0) is 14.4. The van der Waals surface area contributed by atoms with Crippen LogP contribution in [0.3, 0.4) is 0 Å². The van der Waals surface area contributed by atoms with E-state index in [0.717, 1.165) is 19.0 Å². The third kappa shape index (κ3) is 4.00. The molecule has 1 atom stereocenters. The van der Waals surface area contributed by atoms with Crippen molar-refractivity contribution in [1.82, 2.24) is 0 Å². The Morgan fingerprint density at radius 3 is 2.15 bits per heavy atom. The van der Waals surface area contributed by atoms with E-state index in [-0.39, 0.29) is 0 Å². The highest BCUT2D eigenvalue weighted by atomic mass is 14.1. The molecule has 1 heteroatoms. The van der Waals surface area contributed by atoms with Crippen molar-refractivity contribution < 1.29 is 0 Å². The van der Waals surface area contributed by atoms with Crippen LogP contribution < -0.4 is 0 Å². The maximum absolute atomic E-state index is 2.38. The lowest BCUT2D eigenvalue weighted by molar-refractivity contribution is 0.870. The number of benzene rings is 2. The van der Waals surface area contributed by atoms with Crippen molar-refractivity contribution in [1.29, 1.82) is 0 Å². The summed E-state index contributed by atoms with van der Waals surface area (Å²) in [6.45, 7) is 7.83. The van der Waals surface area contributed by atoms with Gasteiger partial charge in [-0.05, 0) is 29.5 Å². The topological polar surface area (TPSA) is 0 Å². The van der Waals surface area contributed by atoms with Crippen molar-refractivity contribution in [2.24, 2.45) is 0 Å². The summed E-state index contributed by atoms with van der Waals surface area (Å²) in [5.41, 5.74) is 4.40. The molecule has 0 N–H and O–H groups in total. The maximum atomic E-state index is 2.38. The van der Waals surface area contributed by atoms with Crippen molar-refractivity contribution in [3.8, 4) is 0 Å². The molecule has 0 aliphatic rings. The first-order valence-corrected chi connectivity index (χ1v) is 7.81. The van der Waals surface area contributed by atoms with E-state index in [4.69, 9.17) is 0 Å². The minimum atomic E-state index is 0.747. The minimum Gasteiger partial charge on any atom is -0.0859 e. The molecule has 0 radical (unpaired) electrons. The summed E-state index contributed by atoms with van der Waals surface area (Å²) in [6.07, 6.45) is 3.50. The average Bonchev–Trinajstić information content (AvgIpc) is 2.49. The average molecular weight is 264 g/mol. The smallest absolute Gasteiger partial charge is 0.0859 e. The lowest BCUT2D eigenvalue weighted by atomic mass is 9.41. The van der Waals surface area contributed by atoms with Crippen LogP contribution in [-0.2, 0) is 12.8 Å². The molecule has 2 aromatic carbocycles. The lowest BCUT2D eigenvalue weighted by Crippen LogP contribution is -2.15. The monoisotopic (exact) mass is 264 g/mol. The highest BCUT2D eigenvalue weighted by molar-refractivity contribution is 6.58. The second kappa shape index (κ2) is 7.33. The molecule has 0 heterocycles. The minimum absolute atomic E-state index is 0.747. The molecule has 0 bridgehead atoms. The van der Waals surface area contributed by atoms with E-state index in [0.29, 0.717) is 0 Å². The largest absolute Gasteiger partial charge is 0.139 e. The molecule has 2 rings (SSSR count). The van der Waals surface area contributed by atoms with E-state index in [9.17, 15) is 0 Å². The molecule has 0 aliphatic carbocycles. The lowest BCUT2D eigenvalue weighted by Gasteiger charge is -2.18. The van der Waals surface area contributed by atoms with Crippen LogP contribution in [-0.4, -0.2) is 6.71 Å². The fraction of sp³-hybridized carbons (Fsp3) is 0.368. The van der Waals surface area contributed by atoms with Crippen LogP contribution in [0.2, 0.25) is 19.0 Å². The molecular formula is C19H25B. The summed E-state index contributed by atoms with van der Waals surface area (Å²) in [5.74, 6) is 0.747. The molecule has 0 amide bonds. The molecule has 0 aliphatic heterocycles. The number of hydrogen-bond acceptors (Lipinski definition) is 0. The molecule has 0 fully saturated rings. The van der Waals surface area contributed by atoms with E-state index in [1.54, 1.807) is 0 Å². The summed E-state index contributed by atoms with van der Waals surface area (Å²) in [7, 11) is 0. The second-order valence-electron chi connectivity index (χ2n) is 6.00. The first-order valence-electron chi connectivity index (χ1n) is 7.81. The Morgan fingerprint density at radius 2 is 1.50 bits per heavy atom. The Bertz CT molecular complexity index is 518. The van der Waals surface area contributed by atoms with Gasteiger partial charge < -0.3 is 0 Å². The van der Waals surface area contributed by atoms with Gasteiger partial charge in [0.2, 0.25) is 0 Å². The van der Waals surface area contributed by atoms with E-state index >= 15 is 0 Å². The molecular weight excluding hydrogens is 239 g/mol. The molecule has 20 heavy (non-hydrogen) atoms. The van der Waals surface area contributed by atoms with Crippen molar-refractivity contribution in [3.05, 3.63) is 71.3 Å². The molecule has 0 spiro atoms. The van der Waals surface area contributed by atoms with E-state index in [2.05, 4.69) is 75.3 Å². The van der Waals surface area contributed by atoms with Crippen molar-refractivity contribution in [3.63, 3.8) is 0 Å². The van der Waals surface area contributed by atoms with E-state index in [1.165, 1.54) is 29.4 Å². The van der Waals surface area contributed by atoms with Crippen LogP contribution in [0, 0.1) is 0 Å². The van der Waals surface area contributed by atoms with E-state index in [1.807, 2.05) is 0 Å². The molecule has 0 aromatic heterocycles. The quantitative estimate of drug-likeness (QED) is 0.616. The SMILES string of the molecule is CCB(C)C(C)Cc1ccccc1Cc1ccccc1. The summed E-state index contributed by atoms with van der Waals surface area (Å²) in [6, 6.07) is 19.7. The summed E-state index contributed by atoms with van der Waals surface area (Å²) < 4.78 is 0. The Kier molecular flexibility index (Phi) is 5.46. The van der Waals surface area contributed by atoms with Crippen LogP contribution >= 0.6 is 0 Å². The van der Waals surface area contributed by atoms with Gasteiger partial charge in [-0.15, -0.1) is 0 Å². The van der Waals surface area contributed by atoms with Crippen molar-refractivity contribution >= 4 is 6.71 Å². The Morgan fingerprint density at radius 1 is 0.900 bits per heavy atom. The fourth-order valence-electron chi connectivity index (χ4n) is 2.70. The van der Waals surface area contributed by atoms with E-state index < -0.39 is 0 Å². The van der Waals surface area contributed by atoms with Gasteiger partial charge in [0.25, 0.3) is 0 Å². The van der Waals surface area contributed by atoms with Gasteiger partial charge in [0.15, 0.2) is 0 Å². The Balaban J connectivity index is 2.14. The first kappa shape index (κ1) is 14.9. The van der Waals surface area contributed by atoms with Crippen LogP contribution in [0.5, 0.6) is 0 Å². The van der Waals surface area contributed by atoms with Crippen LogP contribution in [0.25, 0.3) is 0 Å². The third-order valence-corrected chi connectivity index (χ3v) is 4.51. The van der Waals surface area contributed by atoms with Gasteiger partial charge >= 0.3 is 0 Å². The second-order valence-corrected chi connectivity index (χ2v) is 6.00. The third-order valence-electron chi connectivity index (χ3n) is 4.51.